The molecule has 2 heterocycles. The van der Waals surface area contributed by atoms with Crippen LogP contribution < -0.4 is 0 Å². The number of pyridine rings is 1. The first-order valence-corrected chi connectivity index (χ1v) is 11.1. The Morgan fingerprint density at radius 1 is 1.07 bits per heavy atom. The highest BCUT2D eigenvalue weighted by Crippen LogP contribution is 2.27. The van der Waals surface area contributed by atoms with Gasteiger partial charge in [0.25, 0.3) is 5.69 Å². The maximum atomic E-state index is 13.3. The Morgan fingerprint density at radius 2 is 1.83 bits per heavy atom. The summed E-state index contributed by atoms with van der Waals surface area (Å²) in [6.07, 6.45) is 1.67. The number of nitro benzene ring substituents is 1. The number of piperazine rings is 1. The van der Waals surface area contributed by atoms with E-state index in [4.69, 9.17) is 0 Å². The molecule has 0 atom stereocenters. The molecule has 0 saturated carbocycles. The molecule has 156 valence electrons. The average Bonchev–Trinajstić information content (AvgIpc) is 2.74. The summed E-state index contributed by atoms with van der Waals surface area (Å²) in [7, 11) is -3.64. The van der Waals surface area contributed by atoms with Crippen LogP contribution in [0.1, 0.15) is 11.1 Å². The number of non-ortho nitro benzene ring substituents is 1. The molecule has 0 unspecified atom stereocenters. The highest BCUT2D eigenvalue weighted by atomic mass is 32.2. The lowest BCUT2D eigenvalue weighted by atomic mass is 10.1. The Morgan fingerprint density at radius 3 is 2.57 bits per heavy atom. The third kappa shape index (κ3) is 3.91. The number of hydrogen-bond acceptors (Lipinski definition) is 6. The van der Waals surface area contributed by atoms with E-state index in [1.54, 1.807) is 42.6 Å². The van der Waals surface area contributed by atoms with Gasteiger partial charge in [-0.3, -0.25) is 20.0 Å². The smallest absolute Gasteiger partial charge is 0.269 e. The minimum Gasteiger partial charge on any atom is -0.296 e. The van der Waals surface area contributed by atoms with Crippen LogP contribution in [0.15, 0.2) is 59.6 Å². The van der Waals surface area contributed by atoms with Crippen molar-refractivity contribution >= 4 is 26.6 Å². The molecular formula is C21H22N4O4S. The number of hydrogen-bond donors (Lipinski definition) is 0. The zero-order valence-electron chi connectivity index (χ0n) is 16.6. The van der Waals surface area contributed by atoms with Crippen molar-refractivity contribution in [3.8, 4) is 0 Å². The van der Waals surface area contributed by atoms with Gasteiger partial charge < -0.3 is 0 Å². The molecule has 1 fully saturated rings. The van der Waals surface area contributed by atoms with Crippen LogP contribution >= 0.6 is 0 Å². The summed E-state index contributed by atoms with van der Waals surface area (Å²) in [4.78, 5) is 17.3. The molecule has 30 heavy (non-hydrogen) atoms. The predicted octanol–water partition coefficient (Wildman–Crippen LogP) is 2.96. The number of nitro groups is 1. The van der Waals surface area contributed by atoms with E-state index in [0.717, 1.165) is 11.1 Å². The third-order valence-electron chi connectivity index (χ3n) is 5.41. The fourth-order valence-electron chi connectivity index (χ4n) is 3.81. The lowest BCUT2D eigenvalue weighted by Gasteiger charge is -2.34. The Bertz CT molecular complexity index is 1200. The van der Waals surface area contributed by atoms with Crippen molar-refractivity contribution in [2.24, 2.45) is 0 Å². The van der Waals surface area contributed by atoms with Crippen molar-refractivity contribution in [3.63, 3.8) is 0 Å². The van der Waals surface area contributed by atoms with E-state index in [1.165, 1.54) is 10.4 Å². The molecule has 1 aromatic heterocycles. The number of aryl methyl sites for hydroxylation is 1. The fraction of sp³-hybridized carbons (Fsp3) is 0.286. The molecule has 0 spiro atoms. The highest BCUT2D eigenvalue weighted by Gasteiger charge is 2.30. The van der Waals surface area contributed by atoms with E-state index < -0.39 is 14.9 Å². The molecule has 1 aliphatic rings. The zero-order valence-corrected chi connectivity index (χ0v) is 17.4. The summed E-state index contributed by atoms with van der Waals surface area (Å²) in [5.74, 6) is 0. The van der Waals surface area contributed by atoms with Gasteiger partial charge in [-0.2, -0.15) is 4.31 Å². The highest BCUT2D eigenvalue weighted by molar-refractivity contribution is 7.89. The first-order chi connectivity index (χ1) is 14.4. The van der Waals surface area contributed by atoms with Crippen molar-refractivity contribution < 1.29 is 13.3 Å². The van der Waals surface area contributed by atoms with Crippen molar-refractivity contribution in [1.82, 2.24) is 14.2 Å². The van der Waals surface area contributed by atoms with Gasteiger partial charge in [-0.25, -0.2) is 8.42 Å². The van der Waals surface area contributed by atoms with E-state index in [1.807, 2.05) is 13.0 Å². The van der Waals surface area contributed by atoms with Crippen LogP contribution in [0.4, 0.5) is 5.69 Å². The quantitative estimate of drug-likeness (QED) is 0.460. The SMILES string of the molecule is Cc1ccc(S(=O)(=O)N2CCN(Cc3cccc([N+](=O)[O-])c3)CC2)c2cccnc12. The third-order valence-corrected chi connectivity index (χ3v) is 7.36. The summed E-state index contributed by atoms with van der Waals surface area (Å²) in [6.45, 7) is 4.32. The molecule has 0 amide bonds. The van der Waals surface area contributed by atoms with Gasteiger partial charge in [-0.15, -0.1) is 0 Å². The summed E-state index contributed by atoms with van der Waals surface area (Å²) < 4.78 is 28.1. The Balaban J connectivity index is 1.50. The molecule has 0 N–H and O–H groups in total. The van der Waals surface area contributed by atoms with Crippen LogP contribution in [0.2, 0.25) is 0 Å². The summed E-state index contributed by atoms with van der Waals surface area (Å²) >= 11 is 0. The van der Waals surface area contributed by atoms with Crippen molar-refractivity contribution in [2.45, 2.75) is 18.4 Å². The largest absolute Gasteiger partial charge is 0.296 e. The number of rotatable bonds is 5. The Kier molecular flexibility index (Phi) is 5.50. The normalized spacial score (nSPS) is 16.0. The van der Waals surface area contributed by atoms with E-state index in [2.05, 4.69) is 9.88 Å². The van der Waals surface area contributed by atoms with Crippen LogP contribution in [0.5, 0.6) is 0 Å². The van der Waals surface area contributed by atoms with Gasteiger partial charge in [-0.05, 0) is 36.2 Å². The van der Waals surface area contributed by atoms with Crippen molar-refractivity contribution in [3.05, 3.63) is 76.0 Å². The molecule has 3 aromatic rings. The number of benzene rings is 2. The minimum atomic E-state index is -3.64. The Labute approximate surface area is 175 Å². The topological polar surface area (TPSA) is 96.7 Å². The molecule has 1 aliphatic heterocycles. The zero-order chi connectivity index (χ0) is 21.3. The molecule has 9 heteroatoms. The molecule has 2 aromatic carbocycles. The molecule has 4 rings (SSSR count). The molecule has 0 bridgehead atoms. The number of aromatic nitrogens is 1. The van der Waals surface area contributed by atoms with Gasteiger partial charge in [-0.1, -0.05) is 18.2 Å². The van der Waals surface area contributed by atoms with Crippen LogP contribution in [0, 0.1) is 17.0 Å². The van der Waals surface area contributed by atoms with Crippen LogP contribution in [0.25, 0.3) is 10.9 Å². The summed E-state index contributed by atoms with van der Waals surface area (Å²) in [6, 6.07) is 13.5. The standard InChI is InChI=1S/C21H22N4O4S/c1-16-7-8-20(19-6-3-9-22-21(16)19)30(28,29)24-12-10-23(11-13-24)15-17-4-2-5-18(14-17)25(26)27/h2-9,14H,10-13,15H2,1H3. The maximum absolute atomic E-state index is 13.3. The number of fused-ring (bicyclic) bond motifs is 1. The maximum Gasteiger partial charge on any atom is 0.269 e. The van der Waals surface area contributed by atoms with Gasteiger partial charge in [0, 0.05) is 56.4 Å². The predicted molar refractivity (Wildman–Crippen MR) is 114 cm³/mol. The minimum absolute atomic E-state index is 0.0635. The van der Waals surface area contributed by atoms with E-state index in [-0.39, 0.29) is 10.6 Å². The van der Waals surface area contributed by atoms with Crippen LogP contribution in [0.3, 0.4) is 0 Å². The number of sulfonamides is 1. The molecule has 8 nitrogen and oxygen atoms in total. The lowest BCUT2D eigenvalue weighted by Crippen LogP contribution is -2.48. The van der Waals surface area contributed by atoms with E-state index in [9.17, 15) is 18.5 Å². The first-order valence-electron chi connectivity index (χ1n) is 9.66. The Hall–Kier alpha value is -2.88. The van der Waals surface area contributed by atoms with E-state index >= 15 is 0 Å². The van der Waals surface area contributed by atoms with Crippen molar-refractivity contribution in [1.29, 1.82) is 0 Å². The second-order valence-corrected chi connectivity index (χ2v) is 9.29. The summed E-state index contributed by atoms with van der Waals surface area (Å²) in [5, 5.41) is 11.6. The van der Waals surface area contributed by atoms with Gasteiger partial charge in [0.2, 0.25) is 10.0 Å². The average molecular weight is 426 g/mol. The van der Waals surface area contributed by atoms with Gasteiger partial charge in [0.1, 0.15) is 0 Å². The lowest BCUT2D eigenvalue weighted by molar-refractivity contribution is -0.384. The van der Waals surface area contributed by atoms with Crippen LogP contribution in [-0.4, -0.2) is 53.7 Å². The molecular weight excluding hydrogens is 404 g/mol. The second-order valence-electron chi connectivity index (χ2n) is 7.39. The van der Waals surface area contributed by atoms with Crippen molar-refractivity contribution in [2.75, 3.05) is 26.2 Å². The van der Waals surface area contributed by atoms with E-state index in [0.29, 0.717) is 43.6 Å². The number of nitrogens with zero attached hydrogens (tertiary/aromatic N) is 4. The van der Waals surface area contributed by atoms with Gasteiger partial charge in [0.15, 0.2) is 0 Å². The molecule has 1 saturated heterocycles. The second kappa shape index (κ2) is 8.10. The monoisotopic (exact) mass is 426 g/mol. The molecule has 0 radical (unpaired) electrons. The first kappa shape index (κ1) is 20.4. The summed E-state index contributed by atoms with van der Waals surface area (Å²) in [5.41, 5.74) is 2.54. The van der Waals surface area contributed by atoms with Gasteiger partial charge in [0.05, 0.1) is 15.3 Å². The fourth-order valence-corrected chi connectivity index (χ4v) is 5.41. The molecule has 0 aliphatic carbocycles. The van der Waals surface area contributed by atoms with Crippen LogP contribution in [-0.2, 0) is 16.6 Å². The van der Waals surface area contributed by atoms with Gasteiger partial charge >= 0.3 is 0 Å².